The zero-order chi connectivity index (χ0) is 21.8. The summed E-state index contributed by atoms with van der Waals surface area (Å²) in [7, 11) is 2.11. The summed E-state index contributed by atoms with van der Waals surface area (Å²) in [6.07, 6.45) is 0. The summed E-state index contributed by atoms with van der Waals surface area (Å²) in [6, 6.07) is 12.3. The first kappa shape index (κ1) is 21.7. The van der Waals surface area contributed by atoms with Gasteiger partial charge in [0.2, 0.25) is 0 Å². The largest absolute Gasteiger partial charge is 0.496 e. The molecule has 2 aliphatic rings. The van der Waals surface area contributed by atoms with E-state index in [1.54, 1.807) is 14.2 Å². The molecule has 162 valence electrons. The fraction of sp³-hybridized carbons (Fsp3) is 0.500. The summed E-state index contributed by atoms with van der Waals surface area (Å²) in [5.74, 6) is 3.66. The van der Waals surface area contributed by atoms with Gasteiger partial charge in [0, 0.05) is 0 Å². The molecular weight excluding hydrogens is 414 g/mol. The molecule has 4 atom stereocenters. The van der Waals surface area contributed by atoms with Crippen molar-refractivity contribution in [2.75, 3.05) is 14.2 Å². The predicted molar refractivity (Wildman–Crippen MR) is 127 cm³/mol. The van der Waals surface area contributed by atoms with Crippen LogP contribution < -0.4 is 29.6 Å². The van der Waals surface area contributed by atoms with Crippen LogP contribution in [0, 0.1) is 0 Å². The molecule has 4 rings (SSSR count). The predicted octanol–water partition coefficient (Wildman–Crippen LogP) is 5.65. The molecule has 0 bridgehead atoms. The number of fused-ring (bicyclic) bond motifs is 2. The Morgan fingerprint density at radius 2 is 1.03 bits per heavy atom. The summed E-state index contributed by atoms with van der Waals surface area (Å²) in [5, 5.41) is 2.54. The van der Waals surface area contributed by atoms with Crippen LogP contribution >= 0.6 is 15.8 Å². The number of ether oxygens (including phenoxy) is 4. The molecule has 2 aromatic rings. The van der Waals surface area contributed by atoms with E-state index in [1.807, 2.05) is 24.3 Å². The highest BCUT2D eigenvalue weighted by molar-refractivity contribution is 7.72. The van der Waals surface area contributed by atoms with Crippen LogP contribution in [0.25, 0.3) is 0 Å². The topological polar surface area (TPSA) is 36.9 Å². The van der Waals surface area contributed by atoms with Gasteiger partial charge in [-0.15, -0.1) is 0 Å². The second kappa shape index (κ2) is 7.57. The zero-order valence-corrected chi connectivity index (χ0v) is 20.9. The molecule has 2 aliphatic heterocycles. The average molecular weight is 446 g/mol. The Labute approximate surface area is 182 Å². The second-order valence-corrected chi connectivity index (χ2v) is 15.8. The van der Waals surface area contributed by atoms with E-state index in [0.29, 0.717) is 0 Å². The minimum Gasteiger partial charge on any atom is -0.496 e. The number of hydrogen-bond acceptors (Lipinski definition) is 4. The summed E-state index contributed by atoms with van der Waals surface area (Å²) in [6.45, 7) is 13.8. The monoisotopic (exact) mass is 446 g/mol. The molecule has 0 saturated heterocycles. The van der Waals surface area contributed by atoms with Crippen molar-refractivity contribution < 1.29 is 18.9 Å². The lowest BCUT2D eigenvalue weighted by atomic mass is 10.2. The van der Waals surface area contributed by atoms with Crippen molar-refractivity contribution in [3.8, 4) is 23.0 Å². The van der Waals surface area contributed by atoms with E-state index in [0.717, 1.165) is 23.0 Å². The Morgan fingerprint density at radius 1 is 0.667 bits per heavy atom. The van der Waals surface area contributed by atoms with Crippen molar-refractivity contribution in [2.45, 2.75) is 63.5 Å². The summed E-state index contributed by atoms with van der Waals surface area (Å²) < 4.78 is 24.9. The van der Waals surface area contributed by atoms with E-state index >= 15 is 0 Å². The van der Waals surface area contributed by atoms with Crippen LogP contribution in [0.2, 0.25) is 0 Å². The van der Waals surface area contributed by atoms with Gasteiger partial charge in [-0.2, -0.15) is 0 Å². The number of methoxy groups -OCH3 is 2. The molecule has 0 aromatic heterocycles. The van der Waals surface area contributed by atoms with Crippen LogP contribution in [-0.2, 0) is 0 Å². The number of hydrogen-bond donors (Lipinski definition) is 0. The van der Waals surface area contributed by atoms with Crippen molar-refractivity contribution in [2.24, 2.45) is 0 Å². The summed E-state index contributed by atoms with van der Waals surface area (Å²) in [4.78, 5) is 0. The fourth-order valence-corrected chi connectivity index (χ4v) is 11.2. The lowest BCUT2D eigenvalue weighted by Crippen LogP contribution is -2.38. The molecule has 4 nitrogen and oxygen atoms in total. The normalized spacial score (nSPS) is 25.2. The van der Waals surface area contributed by atoms with Gasteiger partial charge >= 0.3 is 0 Å². The van der Waals surface area contributed by atoms with Gasteiger partial charge in [-0.1, -0.05) is 53.7 Å². The van der Waals surface area contributed by atoms with E-state index in [1.165, 1.54) is 10.6 Å². The standard InChI is InChI=1S/C24H32O4P2/c1-23(2,3)29-19-15(25-7)11-9-13-17(19)27-21(29)22-28-18-14-10-12-16(26-8)20(18)30(22)24(4,5)6/h9-14,21-22H,1-8H3/t21?,22?,29-,30-/m1/s1. The maximum atomic E-state index is 6.70. The molecule has 2 aromatic carbocycles. The maximum absolute atomic E-state index is 6.70. The second-order valence-electron chi connectivity index (χ2n) is 9.71. The van der Waals surface area contributed by atoms with Gasteiger partial charge in [0.1, 0.15) is 23.0 Å². The van der Waals surface area contributed by atoms with Crippen LogP contribution in [0.5, 0.6) is 23.0 Å². The van der Waals surface area contributed by atoms with Crippen LogP contribution in [0.15, 0.2) is 36.4 Å². The van der Waals surface area contributed by atoms with Gasteiger partial charge in [-0.05, 0) is 50.4 Å². The third-order valence-corrected chi connectivity index (χ3v) is 12.3. The van der Waals surface area contributed by atoms with Crippen LogP contribution in [0.3, 0.4) is 0 Å². The van der Waals surface area contributed by atoms with E-state index in [2.05, 4.69) is 53.7 Å². The first-order chi connectivity index (χ1) is 14.1. The lowest BCUT2D eigenvalue weighted by Gasteiger charge is -2.39. The molecule has 6 heteroatoms. The molecule has 0 amide bonds. The highest BCUT2D eigenvalue weighted by atomic mass is 31.1. The lowest BCUT2D eigenvalue weighted by molar-refractivity contribution is 0.171. The third kappa shape index (κ3) is 3.47. The first-order valence-electron chi connectivity index (χ1n) is 10.3. The number of benzene rings is 2. The van der Waals surface area contributed by atoms with Gasteiger partial charge in [0.05, 0.1) is 24.8 Å². The van der Waals surface area contributed by atoms with Crippen LogP contribution in [-0.4, -0.2) is 36.2 Å². The van der Waals surface area contributed by atoms with Gasteiger partial charge in [-0.25, -0.2) is 0 Å². The van der Waals surface area contributed by atoms with Crippen molar-refractivity contribution in [1.29, 1.82) is 0 Å². The minimum atomic E-state index is -0.690. The third-order valence-electron chi connectivity index (χ3n) is 5.54. The van der Waals surface area contributed by atoms with E-state index in [4.69, 9.17) is 18.9 Å². The van der Waals surface area contributed by atoms with E-state index in [-0.39, 0.29) is 22.0 Å². The molecule has 30 heavy (non-hydrogen) atoms. The van der Waals surface area contributed by atoms with Gasteiger partial charge in [0.25, 0.3) is 0 Å². The highest BCUT2D eigenvalue weighted by Gasteiger charge is 2.55. The molecule has 0 spiro atoms. The van der Waals surface area contributed by atoms with Crippen LogP contribution in [0.1, 0.15) is 41.5 Å². The first-order valence-corrected chi connectivity index (χ1v) is 13.2. The Morgan fingerprint density at radius 3 is 1.33 bits per heavy atom. The van der Waals surface area contributed by atoms with Gasteiger partial charge < -0.3 is 18.9 Å². The summed E-state index contributed by atoms with van der Waals surface area (Å²) in [5.41, 5.74) is 0. The smallest absolute Gasteiger partial charge is 0.162 e. The number of rotatable bonds is 3. The van der Waals surface area contributed by atoms with E-state index in [9.17, 15) is 0 Å². The molecule has 0 fully saturated rings. The quantitative estimate of drug-likeness (QED) is 0.571. The SMILES string of the molecule is COc1cccc2c1[P@@](C(C)(C)C)C(C1Oc3cccc(OC)c3[P@@]1C(C)(C)C)O2. The highest BCUT2D eigenvalue weighted by Crippen LogP contribution is 2.69. The molecule has 0 radical (unpaired) electrons. The zero-order valence-electron chi connectivity index (χ0n) is 19.1. The average Bonchev–Trinajstić information content (AvgIpc) is 3.25. The molecular formula is C24H32O4P2. The minimum absolute atomic E-state index is 0.0336. The van der Waals surface area contributed by atoms with Crippen molar-refractivity contribution in [1.82, 2.24) is 0 Å². The van der Waals surface area contributed by atoms with E-state index < -0.39 is 15.8 Å². The molecule has 0 aliphatic carbocycles. The van der Waals surface area contributed by atoms with Gasteiger partial charge in [0.15, 0.2) is 11.7 Å². The fourth-order valence-electron chi connectivity index (χ4n) is 4.42. The Balaban J connectivity index is 1.85. The maximum Gasteiger partial charge on any atom is 0.162 e. The Kier molecular flexibility index (Phi) is 5.48. The Hall–Kier alpha value is -1.50. The van der Waals surface area contributed by atoms with Crippen LogP contribution in [0.4, 0.5) is 0 Å². The molecule has 0 N–H and O–H groups in total. The van der Waals surface area contributed by atoms with Gasteiger partial charge in [-0.3, -0.25) is 0 Å². The molecule has 0 saturated carbocycles. The molecule has 2 unspecified atom stereocenters. The van der Waals surface area contributed by atoms with Crippen molar-refractivity contribution in [3.63, 3.8) is 0 Å². The van der Waals surface area contributed by atoms with Crippen molar-refractivity contribution in [3.05, 3.63) is 36.4 Å². The molecule has 2 heterocycles. The van der Waals surface area contributed by atoms with Crippen molar-refractivity contribution >= 4 is 26.5 Å². The Bertz CT molecular complexity index is 868. The summed E-state index contributed by atoms with van der Waals surface area (Å²) >= 11 is 0.